The first-order valence-corrected chi connectivity index (χ1v) is 12.4. The van der Waals surface area contributed by atoms with Crippen LogP contribution < -0.4 is 11.1 Å². The third-order valence-electron chi connectivity index (χ3n) is 6.56. The summed E-state index contributed by atoms with van der Waals surface area (Å²) in [5, 5.41) is 2.95. The van der Waals surface area contributed by atoms with Crippen LogP contribution in [-0.4, -0.2) is 17.9 Å². The second kappa shape index (κ2) is 13.3. The topological polar surface area (TPSA) is 72.2 Å². The van der Waals surface area contributed by atoms with Crippen LogP contribution in [0, 0.1) is 0 Å². The zero-order chi connectivity index (χ0) is 24.9. The van der Waals surface area contributed by atoms with Crippen molar-refractivity contribution in [3.05, 3.63) is 120 Å². The lowest BCUT2D eigenvalue weighted by atomic mass is 9.67. The maximum atomic E-state index is 13.5. The molecule has 2 amide bonds. The van der Waals surface area contributed by atoms with E-state index in [1.165, 1.54) is 0 Å². The molecule has 3 aromatic carbocycles. The second-order valence-electron chi connectivity index (χ2n) is 8.98. The van der Waals surface area contributed by atoms with Crippen LogP contribution in [0.5, 0.6) is 0 Å². The molecule has 0 spiro atoms. The third-order valence-corrected chi connectivity index (χ3v) is 6.56. The van der Waals surface area contributed by atoms with Crippen LogP contribution in [0.25, 0.3) is 0 Å². The first kappa shape index (κ1) is 26.0. The van der Waals surface area contributed by atoms with Gasteiger partial charge >= 0.3 is 0 Å². The Morgan fingerprint density at radius 3 is 1.66 bits per heavy atom. The number of hydrogen-bond acceptors (Lipinski definition) is 2. The van der Waals surface area contributed by atoms with Gasteiger partial charge in [-0.3, -0.25) is 9.59 Å². The van der Waals surface area contributed by atoms with Gasteiger partial charge in [-0.05, 0) is 36.0 Å². The number of carbonyl (C=O) groups is 2. The van der Waals surface area contributed by atoms with E-state index in [1.807, 2.05) is 60.7 Å². The Labute approximate surface area is 209 Å². The Bertz CT molecular complexity index is 968. The van der Waals surface area contributed by atoms with Crippen LogP contribution >= 0.6 is 0 Å². The standard InChI is InChI=1S/C31H36N2O2/c1-2-3-4-5-6-16-23-28(30(32)35)33-29(34)24-31(25-17-10-7-11-18-25,26-19-12-8-13-20-26)27-21-14-9-15-22-27/h2,7-15,17-22,28H,1,3-6,16,23-24H2,(H2,32,35)(H,33,34)/t28-/m0/s1. The van der Waals surface area contributed by atoms with E-state index in [1.54, 1.807) is 0 Å². The molecule has 0 radical (unpaired) electrons. The molecule has 0 unspecified atom stereocenters. The van der Waals surface area contributed by atoms with Crippen molar-refractivity contribution < 1.29 is 9.59 Å². The molecule has 0 saturated carbocycles. The molecule has 3 N–H and O–H groups in total. The van der Waals surface area contributed by atoms with E-state index >= 15 is 0 Å². The molecule has 0 aliphatic carbocycles. The minimum atomic E-state index is -0.708. The quantitative estimate of drug-likeness (QED) is 0.175. The van der Waals surface area contributed by atoms with Crippen LogP contribution in [-0.2, 0) is 15.0 Å². The molecule has 4 heteroatoms. The van der Waals surface area contributed by atoms with Gasteiger partial charge in [0.15, 0.2) is 0 Å². The number of hydrogen-bond donors (Lipinski definition) is 2. The average molecular weight is 469 g/mol. The van der Waals surface area contributed by atoms with Gasteiger partial charge in [0.05, 0.1) is 5.41 Å². The summed E-state index contributed by atoms with van der Waals surface area (Å²) in [6, 6.07) is 29.5. The molecule has 0 saturated heterocycles. The van der Waals surface area contributed by atoms with E-state index in [2.05, 4.69) is 48.3 Å². The molecule has 0 aliphatic rings. The summed E-state index contributed by atoms with van der Waals surface area (Å²) in [4.78, 5) is 25.7. The van der Waals surface area contributed by atoms with Gasteiger partial charge in [0.1, 0.15) is 6.04 Å². The van der Waals surface area contributed by atoms with Crippen molar-refractivity contribution in [1.29, 1.82) is 0 Å². The lowest BCUT2D eigenvalue weighted by Gasteiger charge is -2.36. The number of rotatable bonds is 14. The third kappa shape index (κ3) is 6.92. The molecule has 35 heavy (non-hydrogen) atoms. The first-order chi connectivity index (χ1) is 17.1. The predicted octanol–water partition coefficient (Wildman–Crippen LogP) is 5.91. The average Bonchev–Trinajstić information content (AvgIpc) is 2.90. The molecule has 3 rings (SSSR count). The molecule has 0 heterocycles. The van der Waals surface area contributed by atoms with E-state index in [0.717, 1.165) is 48.8 Å². The zero-order valence-corrected chi connectivity index (χ0v) is 20.4. The molecule has 182 valence electrons. The van der Waals surface area contributed by atoms with Crippen LogP contribution in [0.1, 0.15) is 61.6 Å². The van der Waals surface area contributed by atoms with Gasteiger partial charge in [-0.2, -0.15) is 0 Å². The van der Waals surface area contributed by atoms with Crippen molar-refractivity contribution in [2.45, 2.75) is 56.4 Å². The summed E-state index contributed by atoms with van der Waals surface area (Å²) in [5.41, 5.74) is 8.03. The highest BCUT2D eigenvalue weighted by atomic mass is 16.2. The smallest absolute Gasteiger partial charge is 0.239 e. The second-order valence-corrected chi connectivity index (χ2v) is 8.98. The van der Waals surface area contributed by atoms with Crippen LogP contribution in [0.4, 0.5) is 0 Å². The van der Waals surface area contributed by atoms with Crippen LogP contribution in [0.2, 0.25) is 0 Å². The van der Waals surface area contributed by atoms with E-state index < -0.39 is 17.4 Å². The van der Waals surface area contributed by atoms with Crippen molar-refractivity contribution in [1.82, 2.24) is 5.32 Å². The minimum Gasteiger partial charge on any atom is -0.368 e. The van der Waals surface area contributed by atoms with Crippen molar-refractivity contribution in [2.75, 3.05) is 0 Å². The van der Waals surface area contributed by atoms with Gasteiger partial charge in [0, 0.05) is 6.42 Å². The van der Waals surface area contributed by atoms with E-state index in [0.29, 0.717) is 6.42 Å². The normalized spacial score (nSPS) is 12.0. The number of amides is 2. The highest BCUT2D eigenvalue weighted by molar-refractivity contribution is 5.87. The fourth-order valence-electron chi connectivity index (χ4n) is 4.74. The summed E-state index contributed by atoms with van der Waals surface area (Å²) in [5.74, 6) is -0.689. The molecule has 0 aromatic heterocycles. The van der Waals surface area contributed by atoms with Crippen LogP contribution in [0.3, 0.4) is 0 Å². The number of allylic oxidation sites excluding steroid dienone is 1. The number of nitrogens with two attached hydrogens (primary N) is 1. The number of carbonyl (C=O) groups excluding carboxylic acids is 2. The zero-order valence-electron chi connectivity index (χ0n) is 20.4. The molecule has 3 aromatic rings. The Hall–Kier alpha value is -3.66. The van der Waals surface area contributed by atoms with Crippen molar-refractivity contribution in [2.24, 2.45) is 5.73 Å². The van der Waals surface area contributed by atoms with Gasteiger partial charge < -0.3 is 11.1 Å². The Morgan fingerprint density at radius 2 is 1.23 bits per heavy atom. The maximum absolute atomic E-state index is 13.5. The van der Waals surface area contributed by atoms with Gasteiger partial charge in [0.2, 0.25) is 11.8 Å². The number of nitrogens with one attached hydrogen (secondary N) is 1. The highest BCUT2D eigenvalue weighted by Gasteiger charge is 2.39. The lowest BCUT2D eigenvalue weighted by Crippen LogP contribution is -2.47. The Balaban J connectivity index is 1.88. The van der Waals surface area contributed by atoms with Crippen LogP contribution in [0.15, 0.2) is 104 Å². The summed E-state index contributed by atoms with van der Waals surface area (Å²) >= 11 is 0. The fraction of sp³-hybridized carbons (Fsp3) is 0.290. The van der Waals surface area contributed by atoms with Crippen molar-refractivity contribution in [3.8, 4) is 0 Å². The van der Waals surface area contributed by atoms with Gasteiger partial charge in [0.25, 0.3) is 0 Å². The van der Waals surface area contributed by atoms with Crippen molar-refractivity contribution >= 4 is 11.8 Å². The highest BCUT2D eigenvalue weighted by Crippen LogP contribution is 2.42. The summed E-state index contributed by atoms with van der Waals surface area (Å²) < 4.78 is 0. The van der Waals surface area contributed by atoms with Crippen molar-refractivity contribution in [3.63, 3.8) is 0 Å². The minimum absolute atomic E-state index is 0.161. The SMILES string of the molecule is C=CCCCCCC[C@H](NC(=O)CC(c1ccccc1)(c1ccccc1)c1ccccc1)C(N)=O. The maximum Gasteiger partial charge on any atom is 0.239 e. The van der Waals surface area contributed by atoms with E-state index in [4.69, 9.17) is 5.73 Å². The summed E-state index contributed by atoms with van der Waals surface area (Å²) in [6.45, 7) is 3.75. The van der Waals surface area contributed by atoms with Gasteiger partial charge in [-0.25, -0.2) is 0 Å². The summed E-state index contributed by atoms with van der Waals surface area (Å²) in [7, 11) is 0. The summed E-state index contributed by atoms with van der Waals surface area (Å²) in [6.07, 6.45) is 7.62. The molecule has 0 fully saturated rings. The molecular formula is C31H36N2O2. The number of unbranched alkanes of at least 4 members (excludes halogenated alkanes) is 4. The number of primary amides is 1. The molecule has 0 aliphatic heterocycles. The lowest BCUT2D eigenvalue weighted by molar-refractivity contribution is -0.128. The monoisotopic (exact) mass is 468 g/mol. The van der Waals surface area contributed by atoms with E-state index in [-0.39, 0.29) is 12.3 Å². The first-order valence-electron chi connectivity index (χ1n) is 12.4. The van der Waals surface area contributed by atoms with Gasteiger partial charge in [-0.15, -0.1) is 6.58 Å². The molecule has 4 nitrogen and oxygen atoms in total. The number of benzene rings is 3. The largest absolute Gasteiger partial charge is 0.368 e. The molecular weight excluding hydrogens is 432 g/mol. The van der Waals surface area contributed by atoms with Gasteiger partial charge in [-0.1, -0.05) is 116 Å². The molecule has 1 atom stereocenters. The Kier molecular flexibility index (Phi) is 9.85. The van der Waals surface area contributed by atoms with E-state index in [9.17, 15) is 9.59 Å². The molecule has 0 bridgehead atoms. The predicted molar refractivity (Wildman–Crippen MR) is 143 cm³/mol. The Morgan fingerprint density at radius 1 is 0.771 bits per heavy atom. The fourth-order valence-corrected chi connectivity index (χ4v) is 4.74.